The zero-order valence-corrected chi connectivity index (χ0v) is 16.2. The van der Waals surface area contributed by atoms with E-state index in [9.17, 15) is 4.79 Å². The van der Waals surface area contributed by atoms with Gasteiger partial charge in [0.05, 0.1) is 34.9 Å². The van der Waals surface area contributed by atoms with Gasteiger partial charge in [-0.25, -0.2) is 4.99 Å². The molecule has 1 heterocycles. The van der Waals surface area contributed by atoms with Gasteiger partial charge in [0.15, 0.2) is 5.17 Å². The molecule has 1 saturated heterocycles. The summed E-state index contributed by atoms with van der Waals surface area (Å²) in [5, 5.41) is 3.88. The summed E-state index contributed by atoms with van der Waals surface area (Å²) in [5.74, 6) is 1.05. The fraction of sp³-hybridized carbons (Fsp3) is 0.111. The molecule has 5 nitrogen and oxygen atoms in total. The largest absolute Gasteiger partial charge is 0.497 e. The Morgan fingerprint density at radius 2 is 1.96 bits per heavy atom. The van der Waals surface area contributed by atoms with E-state index in [1.54, 1.807) is 56.7 Å². The first-order chi connectivity index (χ1) is 12.5. The molecular formula is C18H14Cl2N2O3S. The molecule has 3 rings (SSSR count). The van der Waals surface area contributed by atoms with Crippen LogP contribution in [0.4, 0.5) is 5.69 Å². The van der Waals surface area contributed by atoms with E-state index in [0.29, 0.717) is 37.3 Å². The van der Waals surface area contributed by atoms with Gasteiger partial charge in [0, 0.05) is 5.56 Å². The third-order valence-electron chi connectivity index (χ3n) is 3.53. The lowest BCUT2D eigenvalue weighted by Crippen LogP contribution is -2.19. The summed E-state index contributed by atoms with van der Waals surface area (Å²) in [4.78, 5) is 17.1. The van der Waals surface area contributed by atoms with Crippen molar-refractivity contribution < 1.29 is 14.3 Å². The zero-order chi connectivity index (χ0) is 18.7. The topological polar surface area (TPSA) is 59.9 Å². The number of hydrogen-bond acceptors (Lipinski definition) is 5. The quantitative estimate of drug-likeness (QED) is 0.730. The predicted molar refractivity (Wildman–Crippen MR) is 107 cm³/mol. The Morgan fingerprint density at radius 1 is 1.15 bits per heavy atom. The Bertz CT molecular complexity index is 929. The number of benzene rings is 2. The second kappa shape index (κ2) is 8.03. The first-order valence-corrected chi connectivity index (χ1v) is 9.04. The van der Waals surface area contributed by atoms with E-state index in [1.807, 2.05) is 0 Å². The van der Waals surface area contributed by atoms with E-state index in [4.69, 9.17) is 32.7 Å². The highest BCUT2D eigenvalue weighted by atomic mass is 35.5. The zero-order valence-electron chi connectivity index (χ0n) is 13.9. The fourth-order valence-corrected chi connectivity index (χ4v) is 3.43. The van der Waals surface area contributed by atoms with Crippen molar-refractivity contribution >= 4 is 57.8 Å². The number of carbonyl (C=O) groups excluding carboxylic acids is 1. The van der Waals surface area contributed by atoms with Crippen molar-refractivity contribution in [2.75, 3.05) is 14.2 Å². The second-order valence-electron chi connectivity index (χ2n) is 5.16. The first-order valence-electron chi connectivity index (χ1n) is 7.47. The minimum atomic E-state index is -0.253. The van der Waals surface area contributed by atoms with E-state index < -0.39 is 0 Å². The molecule has 0 unspecified atom stereocenters. The van der Waals surface area contributed by atoms with E-state index in [-0.39, 0.29) is 5.91 Å². The van der Waals surface area contributed by atoms with Crippen LogP contribution in [0.2, 0.25) is 10.0 Å². The summed E-state index contributed by atoms with van der Waals surface area (Å²) in [6, 6.07) is 10.5. The van der Waals surface area contributed by atoms with Gasteiger partial charge >= 0.3 is 0 Å². The van der Waals surface area contributed by atoms with Gasteiger partial charge in [0.1, 0.15) is 11.5 Å². The van der Waals surface area contributed by atoms with Crippen molar-refractivity contribution in [3.63, 3.8) is 0 Å². The van der Waals surface area contributed by atoms with Crippen molar-refractivity contribution in [2.24, 2.45) is 4.99 Å². The number of rotatable bonds is 4. The Morgan fingerprint density at radius 3 is 2.69 bits per heavy atom. The smallest absolute Gasteiger partial charge is 0.264 e. The van der Waals surface area contributed by atoms with Gasteiger partial charge in [0.25, 0.3) is 5.91 Å². The van der Waals surface area contributed by atoms with Gasteiger partial charge in [0.2, 0.25) is 0 Å². The van der Waals surface area contributed by atoms with Crippen LogP contribution in [0.25, 0.3) is 6.08 Å². The number of aliphatic imine (C=N–C) groups is 1. The number of thioether (sulfide) groups is 1. The fourth-order valence-electron chi connectivity index (χ4n) is 2.26. The molecule has 2 aromatic rings. The van der Waals surface area contributed by atoms with Crippen LogP contribution in [0.3, 0.4) is 0 Å². The summed E-state index contributed by atoms with van der Waals surface area (Å²) in [5.41, 5.74) is 1.22. The van der Waals surface area contributed by atoms with E-state index in [2.05, 4.69) is 10.3 Å². The maximum atomic E-state index is 12.3. The molecule has 0 bridgehead atoms. The van der Waals surface area contributed by atoms with Crippen LogP contribution in [0.1, 0.15) is 5.56 Å². The molecule has 0 atom stereocenters. The molecule has 1 N–H and O–H groups in total. The number of amidine groups is 1. The van der Waals surface area contributed by atoms with Gasteiger partial charge in [-0.1, -0.05) is 29.3 Å². The molecule has 1 aliphatic rings. The maximum absolute atomic E-state index is 12.3. The molecule has 1 fully saturated rings. The number of amides is 1. The number of halogens is 2. The van der Waals surface area contributed by atoms with E-state index >= 15 is 0 Å². The summed E-state index contributed by atoms with van der Waals surface area (Å²) in [6.45, 7) is 0. The average Bonchev–Trinajstić information content (AvgIpc) is 2.98. The van der Waals surface area contributed by atoms with Crippen molar-refractivity contribution in [3.8, 4) is 11.5 Å². The number of nitrogens with one attached hydrogen (secondary N) is 1. The summed E-state index contributed by atoms with van der Waals surface area (Å²) in [7, 11) is 3.15. The lowest BCUT2D eigenvalue weighted by molar-refractivity contribution is -0.115. The van der Waals surface area contributed by atoms with Crippen molar-refractivity contribution in [3.05, 3.63) is 56.9 Å². The SMILES string of the molecule is COc1ccc(OC)c(/C=C2/SC(=Nc3cccc(Cl)c3Cl)NC2=O)c1. The lowest BCUT2D eigenvalue weighted by atomic mass is 10.1. The van der Waals surface area contributed by atoms with Crippen LogP contribution in [-0.4, -0.2) is 25.3 Å². The monoisotopic (exact) mass is 408 g/mol. The molecule has 2 aromatic carbocycles. The number of nitrogens with zero attached hydrogens (tertiary/aromatic N) is 1. The normalized spacial score (nSPS) is 16.8. The number of methoxy groups -OCH3 is 2. The summed E-state index contributed by atoms with van der Waals surface area (Å²) in [6.07, 6.45) is 1.73. The number of carbonyl (C=O) groups is 1. The highest BCUT2D eigenvalue weighted by molar-refractivity contribution is 8.18. The Labute approximate surface area is 165 Å². The Kier molecular flexibility index (Phi) is 5.76. The molecule has 0 radical (unpaired) electrons. The van der Waals surface area contributed by atoms with Gasteiger partial charge in [-0.05, 0) is 48.2 Å². The van der Waals surface area contributed by atoms with Crippen molar-refractivity contribution in [1.29, 1.82) is 0 Å². The summed E-state index contributed by atoms with van der Waals surface area (Å²) < 4.78 is 10.6. The molecule has 134 valence electrons. The molecule has 8 heteroatoms. The Hall–Kier alpha value is -2.15. The molecule has 0 aromatic heterocycles. The van der Waals surface area contributed by atoms with Crippen LogP contribution in [0.15, 0.2) is 46.3 Å². The third-order valence-corrected chi connectivity index (χ3v) is 5.25. The summed E-state index contributed by atoms with van der Waals surface area (Å²) >= 11 is 13.3. The average molecular weight is 409 g/mol. The lowest BCUT2D eigenvalue weighted by Gasteiger charge is -2.07. The molecule has 1 aliphatic heterocycles. The van der Waals surface area contributed by atoms with Gasteiger partial charge in [-0.2, -0.15) is 0 Å². The molecule has 0 spiro atoms. The van der Waals surface area contributed by atoms with Gasteiger partial charge < -0.3 is 14.8 Å². The van der Waals surface area contributed by atoms with Crippen LogP contribution in [-0.2, 0) is 4.79 Å². The van der Waals surface area contributed by atoms with Crippen molar-refractivity contribution in [1.82, 2.24) is 5.32 Å². The molecule has 26 heavy (non-hydrogen) atoms. The molecule has 0 saturated carbocycles. The van der Waals surface area contributed by atoms with Gasteiger partial charge in [-0.3, -0.25) is 4.79 Å². The van der Waals surface area contributed by atoms with Gasteiger partial charge in [-0.15, -0.1) is 0 Å². The van der Waals surface area contributed by atoms with Crippen LogP contribution >= 0.6 is 35.0 Å². The molecular weight excluding hydrogens is 395 g/mol. The Balaban J connectivity index is 1.92. The molecule has 1 amide bonds. The maximum Gasteiger partial charge on any atom is 0.264 e. The predicted octanol–water partition coefficient (Wildman–Crippen LogP) is 4.90. The highest BCUT2D eigenvalue weighted by Crippen LogP contribution is 2.35. The third kappa shape index (κ3) is 3.98. The highest BCUT2D eigenvalue weighted by Gasteiger charge is 2.24. The number of ether oxygens (including phenoxy) is 2. The number of hydrogen-bond donors (Lipinski definition) is 1. The van der Waals surface area contributed by atoms with Crippen LogP contribution < -0.4 is 14.8 Å². The first kappa shape index (κ1) is 18.6. The van der Waals surface area contributed by atoms with E-state index in [1.165, 1.54) is 11.8 Å². The van der Waals surface area contributed by atoms with E-state index in [0.717, 1.165) is 5.56 Å². The van der Waals surface area contributed by atoms with Crippen LogP contribution in [0.5, 0.6) is 11.5 Å². The minimum absolute atomic E-state index is 0.253. The standard InChI is InChI=1S/C18H14Cl2N2O3S/c1-24-11-6-7-14(25-2)10(8-11)9-15-17(23)22-18(26-15)21-13-5-3-4-12(19)16(13)20/h3-9H,1-2H3,(H,21,22,23)/b15-9+. The minimum Gasteiger partial charge on any atom is -0.497 e. The van der Waals surface area contributed by atoms with Crippen LogP contribution in [0, 0.1) is 0 Å². The second-order valence-corrected chi connectivity index (χ2v) is 6.98. The van der Waals surface area contributed by atoms with Crippen molar-refractivity contribution in [2.45, 2.75) is 0 Å². The molecule has 0 aliphatic carbocycles.